The first kappa shape index (κ1) is 14.8. The lowest BCUT2D eigenvalue weighted by Gasteiger charge is -2.24. The molecule has 0 spiro atoms. The molecule has 3 heterocycles. The molecule has 126 valence electrons. The van der Waals surface area contributed by atoms with Crippen molar-refractivity contribution >= 4 is 11.2 Å². The first-order chi connectivity index (χ1) is 12.2. The van der Waals surface area contributed by atoms with Crippen molar-refractivity contribution in [3.05, 3.63) is 64.9 Å². The van der Waals surface area contributed by atoms with E-state index in [2.05, 4.69) is 16.0 Å². The van der Waals surface area contributed by atoms with Gasteiger partial charge in [-0.25, -0.2) is 19.3 Å². The molecule has 0 unspecified atom stereocenters. The molecule has 3 aromatic heterocycles. The van der Waals surface area contributed by atoms with Crippen LogP contribution in [0.25, 0.3) is 11.2 Å². The van der Waals surface area contributed by atoms with E-state index in [1.807, 2.05) is 19.3 Å². The molecule has 1 saturated carbocycles. The van der Waals surface area contributed by atoms with E-state index in [1.54, 1.807) is 16.7 Å². The van der Waals surface area contributed by atoms with E-state index in [0.717, 1.165) is 52.7 Å². The largest absolute Gasteiger partial charge is 0.301 e. The molecular weight excluding hydrogens is 315 g/mol. The molecule has 5 heteroatoms. The Morgan fingerprint density at radius 1 is 1.24 bits per heavy atom. The highest BCUT2D eigenvalue weighted by Gasteiger charge is 2.23. The first-order valence-corrected chi connectivity index (χ1v) is 8.88. The minimum absolute atomic E-state index is 0.303. The molecule has 2 aliphatic rings. The van der Waals surface area contributed by atoms with Crippen molar-refractivity contribution in [1.82, 2.24) is 19.4 Å². The number of aromatic nitrogens is 4. The predicted molar refractivity (Wildman–Crippen MR) is 93.7 cm³/mol. The highest BCUT2D eigenvalue weighted by atomic mass is 19.1. The van der Waals surface area contributed by atoms with Gasteiger partial charge in [-0.1, -0.05) is 25.3 Å². The van der Waals surface area contributed by atoms with Crippen molar-refractivity contribution in [1.29, 1.82) is 0 Å². The number of hydrogen-bond donors (Lipinski definition) is 0. The molecule has 5 rings (SSSR count). The number of imidazole rings is 1. The standard InChI is InChI=1S/C20H19FN4/c1-12-9-23-20-17(21)8-14(11-25(12)20)15-5-6-18-16(15)10-22-19(24-18)7-13-3-2-4-13/h5,8-11,13H,2-4,6-7H2,1H3. The van der Waals surface area contributed by atoms with Gasteiger partial charge in [-0.3, -0.25) is 0 Å². The fourth-order valence-electron chi connectivity index (χ4n) is 3.78. The van der Waals surface area contributed by atoms with Crippen molar-refractivity contribution in [2.45, 2.75) is 39.0 Å². The maximum Gasteiger partial charge on any atom is 0.173 e. The lowest BCUT2D eigenvalue weighted by atomic mass is 9.83. The molecule has 0 saturated heterocycles. The third-order valence-corrected chi connectivity index (χ3v) is 5.46. The monoisotopic (exact) mass is 334 g/mol. The molecule has 4 nitrogen and oxygen atoms in total. The normalized spacial score (nSPS) is 16.8. The fourth-order valence-corrected chi connectivity index (χ4v) is 3.78. The molecule has 0 atom stereocenters. The Labute approximate surface area is 145 Å². The Balaban J connectivity index is 1.51. The van der Waals surface area contributed by atoms with Crippen molar-refractivity contribution < 1.29 is 4.39 Å². The molecule has 25 heavy (non-hydrogen) atoms. The number of hydrogen-bond acceptors (Lipinski definition) is 3. The molecule has 0 N–H and O–H groups in total. The van der Waals surface area contributed by atoms with Crippen LogP contribution in [0, 0.1) is 18.7 Å². The fraction of sp³-hybridized carbons (Fsp3) is 0.350. The van der Waals surface area contributed by atoms with Gasteiger partial charge in [0.05, 0.1) is 5.69 Å². The predicted octanol–water partition coefficient (Wildman–Crippen LogP) is 3.90. The van der Waals surface area contributed by atoms with Gasteiger partial charge in [0.1, 0.15) is 5.82 Å². The summed E-state index contributed by atoms with van der Waals surface area (Å²) in [7, 11) is 0. The van der Waals surface area contributed by atoms with E-state index in [9.17, 15) is 4.39 Å². The SMILES string of the molecule is Cc1cnc2c(F)cc(C3=CCc4nc(CC5CCC5)ncc43)cn12. The topological polar surface area (TPSA) is 43.1 Å². The van der Waals surface area contributed by atoms with Crippen LogP contribution in [0.5, 0.6) is 0 Å². The maximum atomic E-state index is 14.4. The molecule has 0 bridgehead atoms. The first-order valence-electron chi connectivity index (χ1n) is 8.88. The van der Waals surface area contributed by atoms with Crippen LogP contribution in [0.1, 0.15) is 47.6 Å². The summed E-state index contributed by atoms with van der Waals surface area (Å²) in [5.41, 5.74) is 5.23. The lowest BCUT2D eigenvalue weighted by Crippen LogP contribution is -2.16. The van der Waals surface area contributed by atoms with Crippen LogP contribution >= 0.6 is 0 Å². The number of nitrogens with zero attached hydrogens (tertiary/aromatic N) is 4. The summed E-state index contributed by atoms with van der Waals surface area (Å²) in [5.74, 6) is 1.40. The average molecular weight is 334 g/mol. The summed E-state index contributed by atoms with van der Waals surface area (Å²) in [6, 6.07) is 1.56. The maximum absolute atomic E-state index is 14.4. The van der Waals surface area contributed by atoms with E-state index in [0.29, 0.717) is 5.65 Å². The van der Waals surface area contributed by atoms with Crippen LogP contribution < -0.4 is 0 Å². The Kier molecular flexibility index (Phi) is 3.23. The van der Waals surface area contributed by atoms with E-state index < -0.39 is 0 Å². The van der Waals surface area contributed by atoms with Crippen LogP contribution in [0.15, 0.2) is 30.7 Å². The van der Waals surface area contributed by atoms with Crippen LogP contribution in [0.2, 0.25) is 0 Å². The molecule has 0 amide bonds. The second kappa shape index (κ2) is 5.48. The Morgan fingerprint density at radius 3 is 2.92 bits per heavy atom. The third-order valence-electron chi connectivity index (χ3n) is 5.46. The summed E-state index contributed by atoms with van der Waals surface area (Å²) >= 11 is 0. The number of rotatable bonds is 3. The number of aryl methyl sites for hydroxylation is 1. The summed E-state index contributed by atoms with van der Waals surface area (Å²) in [6.07, 6.45) is 13.4. The summed E-state index contributed by atoms with van der Waals surface area (Å²) in [4.78, 5) is 13.5. The number of pyridine rings is 1. The Bertz CT molecular complexity index is 1010. The van der Waals surface area contributed by atoms with Crippen molar-refractivity contribution in [3.8, 4) is 0 Å². The molecule has 3 aromatic rings. The van der Waals surface area contributed by atoms with E-state index in [-0.39, 0.29) is 5.82 Å². The highest BCUT2D eigenvalue weighted by molar-refractivity contribution is 5.83. The molecule has 0 aliphatic heterocycles. The quantitative estimate of drug-likeness (QED) is 0.729. The van der Waals surface area contributed by atoms with Gasteiger partial charge in [-0.05, 0) is 24.5 Å². The Hall–Kier alpha value is -2.56. The smallest absolute Gasteiger partial charge is 0.173 e. The Morgan fingerprint density at radius 2 is 2.12 bits per heavy atom. The number of halogens is 1. The number of allylic oxidation sites excluding steroid dienone is 1. The zero-order valence-corrected chi connectivity index (χ0v) is 14.2. The molecule has 0 aromatic carbocycles. The van der Waals surface area contributed by atoms with E-state index >= 15 is 0 Å². The van der Waals surface area contributed by atoms with Gasteiger partial charge in [0.15, 0.2) is 11.5 Å². The highest BCUT2D eigenvalue weighted by Crippen LogP contribution is 2.33. The van der Waals surface area contributed by atoms with Gasteiger partial charge < -0.3 is 4.40 Å². The van der Waals surface area contributed by atoms with Gasteiger partial charge in [0.25, 0.3) is 0 Å². The molecular formula is C20H19FN4. The number of fused-ring (bicyclic) bond motifs is 2. The average Bonchev–Trinajstić information content (AvgIpc) is 3.15. The zero-order valence-electron chi connectivity index (χ0n) is 14.2. The van der Waals surface area contributed by atoms with Crippen LogP contribution in [0.3, 0.4) is 0 Å². The van der Waals surface area contributed by atoms with E-state index in [1.165, 1.54) is 19.3 Å². The van der Waals surface area contributed by atoms with Crippen LogP contribution in [-0.4, -0.2) is 19.4 Å². The minimum atomic E-state index is -0.303. The van der Waals surface area contributed by atoms with Gasteiger partial charge >= 0.3 is 0 Å². The van der Waals surface area contributed by atoms with E-state index in [4.69, 9.17) is 4.98 Å². The van der Waals surface area contributed by atoms with Gasteiger partial charge in [0.2, 0.25) is 0 Å². The zero-order chi connectivity index (χ0) is 17.0. The third kappa shape index (κ3) is 2.37. The van der Waals surface area contributed by atoms with Gasteiger partial charge in [-0.15, -0.1) is 0 Å². The molecule has 0 radical (unpaired) electrons. The van der Waals surface area contributed by atoms with Crippen LogP contribution in [-0.2, 0) is 12.8 Å². The second-order valence-electron chi connectivity index (χ2n) is 7.14. The lowest BCUT2D eigenvalue weighted by molar-refractivity contribution is 0.309. The summed E-state index contributed by atoms with van der Waals surface area (Å²) in [5, 5.41) is 0. The summed E-state index contributed by atoms with van der Waals surface area (Å²) in [6.45, 7) is 1.93. The van der Waals surface area contributed by atoms with Crippen molar-refractivity contribution in [2.75, 3.05) is 0 Å². The minimum Gasteiger partial charge on any atom is -0.301 e. The van der Waals surface area contributed by atoms with Crippen molar-refractivity contribution in [2.24, 2.45) is 5.92 Å². The summed E-state index contributed by atoms with van der Waals surface area (Å²) < 4.78 is 16.2. The molecule has 1 fully saturated rings. The molecule has 2 aliphatic carbocycles. The van der Waals surface area contributed by atoms with Gasteiger partial charge in [0, 0.05) is 48.3 Å². The van der Waals surface area contributed by atoms with Crippen molar-refractivity contribution in [3.63, 3.8) is 0 Å². The van der Waals surface area contributed by atoms with Gasteiger partial charge in [-0.2, -0.15) is 0 Å². The van der Waals surface area contributed by atoms with Crippen LogP contribution in [0.4, 0.5) is 4.39 Å². The second-order valence-corrected chi connectivity index (χ2v) is 7.14.